The molecule has 10 heteroatoms. The van der Waals surface area contributed by atoms with E-state index in [4.69, 9.17) is 41.5 Å². The Morgan fingerprint density at radius 1 is 0.774 bits per heavy atom. The predicted octanol–water partition coefficient (Wildman–Crippen LogP) is 6.21. The van der Waals surface area contributed by atoms with Crippen molar-refractivity contribution in [2.24, 2.45) is 0 Å². The number of nitrogens with zero attached hydrogens (tertiary/aromatic N) is 5. The number of hydrogen-bond acceptors (Lipinski definition) is 2. The molecule has 5 atom stereocenters. The summed E-state index contributed by atoms with van der Waals surface area (Å²) in [5.74, 6) is 0. The van der Waals surface area contributed by atoms with Gasteiger partial charge in [-0.25, -0.2) is 0 Å². The summed E-state index contributed by atoms with van der Waals surface area (Å²) < 4.78 is 0. The van der Waals surface area contributed by atoms with E-state index in [9.17, 15) is 10.2 Å². The van der Waals surface area contributed by atoms with Crippen molar-refractivity contribution in [2.75, 3.05) is 45.9 Å². The van der Waals surface area contributed by atoms with Crippen LogP contribution in [0.3, 0.4) is 0 Å². The van der Waals surface area contributed by atoms with Crippen molar-refractivity contribution in [1.29, 1.82) is 0 Å². The zero-order valence-electron chi connectivity index (χ0n) is 18.8. The molecule has 7 nitrogen and oxygen atoms in total. The van der Waals surface area contributed by atoms with Crippen LogP contribution in [0.2, 0.25) is 0 Å². The minimum Gasteiger partial charge on any atom is 0 e. The van der Waals surface area contributed by atoms with Gasteiger partial charge in [-0.3, -0.25) is 0 Å². The zero-order chi connectivity index (χ0) is 22.7. The first kappa shape index (κ1) is 29.9. The average molecular weight is 528 g/mol. The average Bonchev–Trinajstić information content (AvgIpc) is 2.78. The van der Waals surface area contributed by atoms with E-state index in [-0.39, 0.29) is 50.2 Å². The molecule has 2 N–H and O–H groups in total. The van der Waals surface area contributed by atoms with Gasteiger partial charge in [0.1, 0.15) is 0 Å². The summed E-state index contributed by atoms with van der Waals surface area (Å²) in [6, 6.07) is 1.16. The largest absolute Gasteiger partial charge is 0 e. The molecule has 1 heterocycles. The quantitative estimate of drug-likeness (QED) is 0.400. The summed E-state index contributed by atoms with van der Waals surface area (Å²) in [5.41, 5.74) is 0. The van der Waals surface area contributed by atoms with E-state index < -0.39 is 0 Å². The van der Waals surface area contributed by atoms with Gasteiger partial charge in [-0.2, -0.15) is 62.9 Å². The van der Waals surface area contributed by atoms with Crippen molar-refractivity contribution < 1.29 is 29.1 Å². The SMILES string of the molecule is C[C@H]1C[N-][C@@H](CCCO)C[N-][C@@H]2CCCC[C@H]2[N-]C[C@H](CCCO)[N-]CC[N-]1.[Cl][Mn][Cl].[HH].[HH].[HH].[HH]. The summed E-state index contributed by atoms with van der Waals surface area (Å²) in [5, 5.41) is 42.8. The molecular weight excluding hydrogens is 480 g/mol. The van der Waals surface area contributed by atoms with Crippen molar-refractivity contribution in [3.8, 4) is 0 Å². The molecule has 1 saturated carbocycles. The fraction of sp³-hybridized carbons (Fsp3) is 1.00. The summed E-state index contributed by atoms with van der Waals surface area (Å²) >= 11 is 0.00694. The molecule has 0 amide bonds. The number of rotatable bonds is 6. The Balaban J connectivity index is -0.000000652. The summed E-state index contributed by atoms with van der Waals surface area (Å²) in [6.07, 6.45) is 8.03. The van der Waals surface area contributed by atoms with Crippen LogP contribution in [0.4, 0.5) is 0 Å². The minimum absolute atomic E-state index is 0. The van der Waals surface area contributed by atoms with Crippen molar-refractivity contribution in [1.82, 2.24) is 0 Å². The number of aliphatic hydroxyl groups excluding tert-OH is 2. The Hall–Kier alpha value is 0.819. The van der Waals surface area contributed by atoms with E-state index >= 15 is 0 Å². The molecular formula is C21H48Cl2MnN5O2-5. The number of halogens is 2. The van der Waals surface area contributed by atoms with Gasteiger partial charge in [0.25, 0.3) is 0 Å². The van der Waals surface area contributed by atoms with Crippen LogP contribution in [0.15, 0.2) is 0 Å². The second kappa shape index (κ2) is 20.2. The van der Waals surface area contributed by atoms with Gasteiger partial charge in [0.05, 0.1) is 0 Å². The Bertz CT molecular complexity index is 436. The first-order valence-corrected chi connectivity index (χ1v) is 14.8. The fourth-order valence-corrected chi connectivity index (χ4v) is 4.04. The van der Waals surface area contributed by atoms with Gasteiger partial charge in [-0.1, -0.05) is 45.4 Å². The molecule has 31 heavy (non-hydrogen) atoms. The predicted molar refractivity (Wildman–Crippen MR) is 137 cm³/mol. The van der Waals surface area contributed by atoms with Crippen LogP contribution in [-0.2, 0) is 13.1 Å². The Kier molecular flexibility index (Phi) is 19.5. The standard InChI is InChI=1S/C21H40N5O2.2ClH.Mn.4H2/c1-17-14-24-19(7-5-13-28)16-26-21-9-3-2-8-20(21)25-15-18(6-4-12-27)23-11-10-22-17;;;;;;;/h17-21,27-28H,2-16H2,1H3;2*1H;;4*1H/q-5;;;+2;;;;/p-2/t17-,18-,19-,20+,21+;;;;;;;/m0......./s1. The van der Waals surface area contributed by atoms with Gasteiger partial charge in [0, 0.05) is 18.9 Å². The van der Waals surface area contributed by atoms with E-state index in [1.807, 2.05) is 0 Å². The van der Waals surface area contributed by atoms with Crippen molar-refractivity contribution in [2.45, 2.75) is 88.5 Å². The summed E-state index contributed by atoms with van der Waals surface area (Å²) in [4.78, 5) is 0. The normalized spacial score (nSPS) is 31.5. The number of hydrogen-bond donors (Lipinski definition) is 2. The van der Waals surface area contributed by atoms with Crippen LogP contribution in [0.5, 0.6) is 0 Å². The van der Waals surface area contributed by atoms with Crippen LogP contribution < -0.4 is 0 Å². The molecule has 0 unspecified atom stereocenters. The minimum atomic E-state index is 0. The monoisotopic (exact) mass is 527 g/mol. The number of fused-ring (bicyclic) bond motifs is 1. The third-order valence-electron chi connectivity index (χ3n) is 5.74. The first-order chi connectivity index (χ1) is 15.1. The third-order valence-corrected chi connectivity index (χ3v) is 5.74. The van der Waals surface area contributed by atoms with E-state index in [0.717, 1.165) is 71.2 Å². The van der Waals surface area contributed by atoms with Gasteiger partial charge >= 0.3 is 33.3 Å². The van der Waals surface area contributed by atoms with E-state index in [1.54, 1.807) is 0 Å². The van der Waals surface area contributed by atoms with Crippen LogP contribution >= 0.6 is 20.2 Å². The van der Waals surface area contributed by atoms with Gasteiger partial charge < -0.3 is 36.8 Å². The smallest absolute Gasteiger partial charge is 0 e. The molecule has 0 aromatic carbocycles. The number of aliphatic hydroxyl groups is 2. The zero-order valence-corrected chi connectivity index (χ0v) is 21.5. The van der Waals surface area contributed by atoms with Crippen LogP contribution in [0, 0.1) is 0 Å². The molecule has 1 aliphatic heterocycles. The maximum Gasteiger partial charge on any atom is 0 e. The van der Waals surface area contributed by atoms with Crippen molar-refractivity contribution >= 4 is 20.2 Å². The van der Waals surface area contributed by atoms with Crippen molar-refractivity contribution in [3.05, 3.63) is 26.6 Å². The molecule has 2 rings (SSSR count). The molecule has 1 aliphatic carbocycles. The fourth-order valence-electron chi connectivity index (χ4n) is 4.04. The second-order valence-corrected chi connectivity index (χ2v) is 10.2. The molecule has 195 valence electrons. The molecule has 0 aromatic rings. The van der Waals surface area contributed by atoms with Gasteiger partial charge in [-0.05, 0) is 12.8 Å². The maximum atomic E-state index is 9.20. The van der Waals surface area contributed by atoms with Gasteiger partial charge in [0.2, 0.25) is 0 Å². The molecule has 2 aliphatic rings. The Morgan fingerprint density at radius 2 is 1.26 bits per heavy atom. The summed E-state index contributed by atoms with van der Waals surface area (Å²) in [6.45, 7) is 6.18. The van der Waals surface area contributed by atoms with E-state index in [1.165, 1.54) is 12.8 Å². The van der Waals surface area contributed by atoms with E-state index in [2.05, 4.69) is 12.2 Å². The molecule has 0 aromatic heterocycles. The first-order valence-electron chi connectivity index (χ1n) is 11.6. The van der Waals surface area contributed by atoms with E-state index in [0.29, 0.717) is 12.1 Å². The molecule has 0 bridgehead atoms. The van der Waals surface area contributed by atoms with Crippen molar-refractivity contribution in [3.63, 3.8) is 0 Å². The molecule has 2 fully saturated rings. The second-order valence-electron chi connectivity index (χ2n) is 8.27. The summed E-state index contributed by atoms with van der Waals surface area (Å²) in [7, 11) is 9.59. The maximum absolute atomic E-state index is 9.20. The topological polar surface area (TPSA) is 111 Å². The molecule has 0 radical (unpaired) electrons. The van der Waals surface area contributed by atoms with Crippen LogP contribution in [0.25, 0.3) is 26.6 Å². The van der Waals surface area contributed by atoms with Gasteiger partial charge in [-0.15, -0.1) is 0 Å². The molecule has 1 saturated heterocycles. The third kappa shape index (κ3) is 14.6. The van der Waals surface area contributed by atoms with Crippen LogP contribution in [-0.4, -0.2) is 86.4 Å². The molecule has 0 spiro atoms. The Labute approximate surface area is 210 Å². The Morgan fingerprint density at radius 3 is 1.77 bits per heavy atom. The van der Waals surface area contributed by atoms with Crippen LogP contribution in [0.1, 0.15) is 64.0 Å². The van der Waals surface area contributed by atoms with Gasteiger partial charge in [0.15, 0.2) is 0 Å².